The molecule has 1 unspecified atom stereocenters. The highest BCUT2D eigenvalue weighted by molar-refractivity contribution is 5.97. The Balaban J connectivity index is 0.000000261. The molecule has 1 aliphatic carbocycles. The van der Waals surface area contributed by atoms with Crippen molar-refractivity contribution in [1.82, 2.24) is 4.90 Å². The summed E-state index contributed by atoms with van der Waals surface area (Å²) in [5, 5.41) is 0. The lowest BCUT2D eigenvalue weighted by Crippen LogP contribution is -2.37. The van der Waals surface area contributed by atoms with Crippen LogP contribution in [-0.4, -0.2) is 41.2 Å². The normalized spacial score (nSPS) is 18.8. The van der Waals surface area contributed by atoms with Crippen molar-refractivity contribution in [2.24, 2.45) is 5.73 Å². The molecule has 0 bridgehead atoms. The molecule has 0 spiro atoms. The van der Waals surface area contributed by atoms with Crippen molar-refractivity contribution in [2.75, 3.05) is 13.7 Å². The quantitative estimate of drug-likeness (QED) is 0.490. The Labute approximate surface area is 78.8 Å². The fraction of sp³-hybridized carbons (Fsp3) is 1.00. The first-order chi connectivity index (χ1) is 5.63. The second-order valence-corrected chi connectivity index (χ2v) is 3.79. The number of nitrogens with zero attached hydrogens (tertiary/aromatic N) is 1. The molecule has 0 amide bonds. The second kappa shape index (κ2) is 6.60. The summed E-state index contributed by atoms with van der Waals surface area (Å²) in [4.78, 5) is 2.22. The molecule has 0 aromatic carbocycles. The Morgan fingerprint density at radius 2 is 2.08 bits per heavy atom. The fourth-order valence-electron chi connectivity index (χ4n) is 0.814. The van der Waals surface area contributed by atoms with Crippen LogP contribution >= 0.6 is 0 Å². The van der Waals surface area contributed by atoms with E-state index in [9.17, 15) is 0 Å². The topological polar surface area (TPSA) is 38.5 Å². The summed E-state index contributed by atoms with van der Waals surface area (Å²) in [7, 11) is 2.98. The van der Waals surface area contributed by atoms with Gasteiger partial charge < -0.3 is 10.2 Å². The van der Waals surface area contributed by atoms with E-state index in [2.05, 4.69) is 16.4 Å². The van der Waals surface area contributed by atoms with Gasteiger partial charge in [-0.3, -0.25) is 4.90 Å². The highest BCUT2D eigenvalue weighted by Gasteiger charge is 2.27. The molecule has 0 radical (unpaired) electrons. The average Bonchev–Trinajstić information content (AvgIpc) is 2.86. The molecule has 74 valence electrons. The maximum absolute atomic E-state index is 5.60. The first-order valence-corrected chi connectivity index (χ1v) is 5.41. The third kappa shape index (κ3) is 5.71. The van der Waals surface area contributed by atoms with Crippen molar-refractivity contribution >= 4 is 10.5 Å². The molecule has 0 aromatic rings. The van der Waals surface area contributed by atoms with Gasteiger partial charge in [-0.2, -0.15) is 0 Å². The SMILES string of the molecule is CC(N)N(C)C1CC1.CCO[SiH3]. The molecule has 1 fully saturated rings. The van der Waals surface area contributed by atoms with Crippen LogP contribution in [0, 0.1) is 0 Å². The Morgan fingerprint density at radius 1 is 1.67 bits per heavy atom. The van der Waals surface area contributed by atoms with Crippen LogP contribution in [0.15, 0.2) is 0 Å². The first-order valence-electron chi connectivity index (χ1n) is 4.59. The van der Waals surface area contributed by atoms with Crippen LogP contribution in [0.25, 0.3) is 0 Å². The Kier molecular flexibility index (Phi) is 6.65. The zero-order chi connectivity index (χ0) is 9.56. The zero-order valence-electron chi connectivity index (χ0n) is 8.71. The van der Waals surface area contributed by atoms with E-state index in [-0.39, 0.29) is 6.17 Å². The van der Waals surface area contributed by atoms with E-state index >= 15 is 0 Å². The van der Waals surface area contributed by atoms with E-state index in [4.69, 9.17) is 5.73 Å². The standard InChI is InChI=1S/C6H14N2.C2H8OSi/c1-5(7)8(2)6-3-4-6;1-2-3-4/h5-6H,3-4,7H2,1-2H3;2H2,1,4H3. The van der Waals surface area contributed by atoms with Gasteiger partial charge in [0.1, 0.15) is 10.5 Å². The van der Waals surface area contributed by atoms with Gasteiger partial charge in [0, 0.05) is 12.6 Å². The molecule has 1 rings (SSSR count). The van der Waals surface area contributed by atoms with E-state index < -0.39 is 0 Å². The molecule has 12 heavy (non-hydrogen) atoms. The van der Waals surface area contributed by atoms with Gasteiger partial charge in [0.25, 0.3) is 0 Å². The summed E-state index contributed by atoms with van der Waals surface area (Å²) in [6, 6.07) is 0.801. The van der Waals surface area contributed by atoms with Crippen LogP contribution < -0.4 is 5.73 Å². The summed E-state index contributed by atoms with van der Waals surface area (Å²) in [6.07, 6.45) is 2.93. The maximum atomic E-state index is 5.60. The Hall–Kier alpha value is 0.0969. The van der Waals surface area contributed by atoms with Gasteiger partial charge in [0.2, 0.25) is 0 Å². The zero-order valence-corrected chi connectivity index (χ0v) is 10.7. The van der Waals surface area contributed by atoms with Crippen molar-refractivity contribution in [3.63, 3.8) is 0 Å². The third-order valence-corrected chi connectivity index (χ3v) is 2.63. The van der Waals surface area contributed by atoms with E-state index in [1.807, 2.05) is 13.8 Å². The molecular formula is C8H22N2OSi. The van der Waals surface area contributed by atoms with Gasteiger partial charge in [0.15, 0.2) is 0 Å². The lowest BCUT2D eigenvalue weighted by Gasteiger charge is -2.19. The van der Waals surface area contributed by atoms with Gasteiger partial charge in [-0.05, 0) is 33.7 Å². The van der Waals surface area contributed by atoms with Crippen LogP contribution in [0.4, 0.5) is 0 Å². The molecule has 0 aliphatic heterocycles. The number of nitrogens with two attached hydrogens (primary N) is 1. The molecule has 4 heteroatoms. The third-order valence-electron chi connectivity index (χ3n) is 2.05. The molecule has 0 saturated heterocycles. The monoisotopic (exact) mass is 190 g/mol. The lowest BCUT2D eigenvalue weighted by molar-refractivity contribution is 0.253. The summed E-state index contributed by atoms with van der Waals surface area (Å²) < 4.78 is 4.68. The number of rotatable bonds is 3. The minimum absolute atomic E-state index is 0.238. The predicted molar refractivity (Wildman–Crippen MR) is 56.0 cm³/mol. The highest BCUT2D eigenvalue weighted by Crippen LogP contribution is 2.25. The minimum atomic E-state index is 0.238. The van der Waals surface area contributed by atoms with Gasteiger partial charge >= 0.3 is 0 Å². The van der Waals surface area contributed by atoms with E-state index in [1.165, 1.54) is 12.8 Å². The molecule has 1 atom stereocenters. The molecule has 2 N–H and O–H groups in total. The Bertz CT molecular complexity index is 103. The molecule has 1 saturated carbocycles. The lowest BCUT2D eigenvalue weighted by atomic mass is 10.5. The van der Waals surface area contributed by atoms with Crippen molar-refractivity contribution in [3.8, 4) is 0 Å². The van der Waals surface area contributed by atoms with Gasteiger partial charge in [0.05, 0.1) is 6.17 Å². The van der Waals surface area contributed by atoms with Crippen molar-refractivity contribution in [2.45, 2.75) is 38.9 Å². The van der Waals surface area contributed by atoms with Gasteiger partial charge in [-0.25, -0.2) is 0 Å². The van der Waals surface area contributed by atoms with Crippen molar-refractivity contribution in [3.05, 3.63) is 0 Å². The highest BCUT2D eigenvalue weighted by atomic mass is 28.2. The van der Waals surface area contributed by atoms with E-state index in [0.29, 0.717) is 0 Å². The summed E-state index contributed by atoms with van der Waals surface area (Å²) in [5.74, 6) is 0. The molecular weight excluding hydrogens is 168 g/mol. The first kappa shape index (κ1) is 12.1. The maximum Gasteiger partial charge on any atom is 0.145 e. The van der Waals surface area contributed by atoms with Crippen LogP contribution in [-0.2, 0) is 4.43 Å². The largest absolute Gasteiger partial charge is 0.428 e. The smallest absolute Gasteiger partial charge is 0.145 e. The minimum Gasteiger partial charge on any atom is -0.428 e. The molecule has 0 aromatic heterocycles. The van der Waals surface area contributed by atoms with Crippen LogP contribution in [0.1, 0.15) is 26.7 Å². The van der Waals surface area contributed by atoms with E-state index in [1.54, 1.807) is 0 Å². The number of hydrogen-bond donors (Lipinski definition) is 1. The van der Waals surface area contributed by atoms with Crippen LogP contribution in [0.3, 0.4) is 0 Å². The van der Waals surface area contributed by atoms with Gasteiger partial charge in [-0.1, -0.05) is 0 Å². The Morgan fingerprint density at radius 3 is 2.17 bits per heavy atom. The van der Waals surface area contributed by atoms with Crippen LogP contribution in [0.5, 0.6) is 0 Å². The molecule has 3 nitrogen and oxygen atoms in total. The second-order valence-electron chi connectivity index (χ2n) is 3.21. The fourth-order valence-corrected chi connectivity index (χ4v) is 0.814. The molecule has 1 aliphatic rings. The average molecular weight is 190 g/mol. The van der Waals surface area contributed by atoms with Crippen molar-refractivity contribution < 1.29 is 4.43 Å². The van der Waals surface area contributed by atoms with E-state index in [0.717, 1.165) is 23.1 Å². The summed E-state index contributed by atoms with van der Waals surface area (Å²) in [6.45, 7) is 4.90. The summed E-state index contributed by atoms with van der Waals surface area (Å²) in [5.41, 5.74) is 5.60. The molecule has 0 heterocycles. The van der Waals surface area contributed by atoms with Gasteiger partial charge in [-0.15, -0.1) is 0 Å². The predicted octanol–water partition coefficient (Wildman–Crippen LogP) is -0.311. The van der Waals surface area contributed by atoms with Crippen LogP contribution in [0.2, 0.25) is 0 Å². The summed E-state index contributed by atoms with van der Waals surface area (Å²) >= 11 is 0. The number of hydrogen-bond acceptors (Lipinski definition) is 3. The van der Waals surface area contributed by atoms with Crippen molar-refractivity contribution in [1.29, 1.82) is 0 Å².